The van der Waals surface area contributed by atoms with E-state index in [0.29, 0.717) is 0 Å². The third kappa shape index (κ3) is 4.38. The van der Waals surface area contributed by atoms with E-state index >= 15 is 0 Å². The van der Waals surface area contributed by atoms with Crippen molar-refractivity contribution in [1.29, 1.82) is 0 Å². The molecule has 0 aromatic heterocycles. The molecule has 2 N–H and O–H groups in total. The minimum Gasteiger partial charge on any atom is -0.464 e. The van der Waals surface area contributed by atoms with Crippen molar-refractivity contribution in [3.63, 3.8) is 0 Å². The molecular formula is C12H15F2NO3. The normalized spacial score (nSPS) is 12.2. The first-order chi connectivity index (χ1) is 8.54. The molecule has 100 valence electrons. The third-order valence-corrected chi connectivity index (χ3v) is 2.18. The topological polar surface area (TPSA) is 61.5 Å². The molecule has 18 heavy (non-hydrogen) atoms. The maximum Gasteiger partial charge on any atom is 0.332 e. The second kappa shape index (κ2) is 7.03. The van der Waals surface area contributed by atoms with E-state index < -0.39 is 23.6 Å². The number of rotatable bonds is 6. The van der Waals surface area contributed by atoms with Crippen LogP contribution >= 0.6 is 0 Å². The Kier molecular flexibility index (Phi) is 5.67. The summed E-state index contributed by atoms with van der Waals surface area (Å²) in [6.07, 6.45) is 0. The van der Waals surface area contributed by atoms with Gasteiger partial charge in [0.1, 0.15) is 18.2 Å². The van der Waals surface area contributed by atoms with Gasteiger partial charge in [0.05, 0.1) is 19.3 Å². The minimum absolute atomic E-state index is 0.0542. The molecule has 0 aliphatic carbocycles. The Hall–Kier alpha value is -1.53. The van der Waals surface area contributed by atoms with Crippen molar-refractivity contribution >= 4 is 5.97 Å². The van der Waals surface area contributed by atoms with E-state index in [1.165, 1.54) is 6.07 Å². The van der Waals surface area contributed by atoms with Gasteiger partial charge in [-0.1, -0.05) is 6.07 Å². The summed E-state index contributed by atoms with van der Waals surface area (Å²) < 4.78 is 35.7. The molecule has 0 saturated heterocycles. The van der Waals surface area contributed by atoms with Crippen molar-refractivity contribution in [2.75, 3.05) is 19.8 Å². The van der Waals surface area contributed by atoms with E-state index in [0.717, 1.165) is 12.1 Å². The van der Waals surface area contributed by atoms with Gasteiger partial charge in [-0.2, -0.15) is 0 Å². The summed E-state index contributed by atoms with van der Waals surface area (Å²) in [5.41, 5.74) is 5.81. The Balaban J connectivity index is 2.45. The Morgan fingerprint density at radius 3 is 2.78 bits per heavy atom. The molecule has 1 aromatic rings. The van der Waals surface area contributed by atoms with Gasteiger partial charge >= 0.3 is 5.97 Å². The van der Waals surface area contributed by atoms with Gasteiger partial charge in [-0.25, -0.2) is 13.6 Å². The van der Waals surface area contributed by atoms with E-state index in [4.69, 9.17) is 10.5 Å². The molecule has 0 aliphatic heterocycles. The van der Waals surface area contributed by atoms with E-state index in [1.54, 1.807) is 6.92 Å². The number of carbonyl (C=O) groups is 1. The Morgan fingerprint density at radius 2 is 2.17 bits per heavy atom. The molecule has 0 heterocycles. The summed E-state index contributed by atoms with van der Waals surface area (Å²) in [7, 11) is 0. The smallest absolute Gasteiger partial charge is 0.332 e. The Labute approximate surface area is 104 Å². The second-order valence-electron chi connectivity index (χ2n) is 3.59. The van der Waals surface area contributed by atoms with Crippen molar-refractivity contribution in [3.8, 4) is 0 Å². The summed E-state index contributed by atoms with van der Waals surface area (Å²) in [6, 6.07) is 2.35. The first-order valence-electron chi connectivity index (χ1n) is 5.48. The predicted molar refractivity (Wildman–Crippen MR) is 60.7 cm³/mol. The van der Waals surface area contributed by atoms with E-state index in [2.05, 4.69) is 4.74 Å². The maximum absolute atomic E-state index is 13.3. The molecule has 0 spiro atoms. The van der Waals surface area contributed by atoms with E-state index in [-0.39, 0.29) is 25.4 Å². The van der Waals surface area contributed by atoms with Crippen LogP contribution in [0.5, 0.6) is 0 Å². The first-order valence-corrected chi connectivity index (χ1v) is 5.48. The zero-order valence-corrected chi connectivity index (χ0v) is 9.99. The molecule has 0 aliphatic rings. The van der Waals surface area contributed by atoms with Crippen LogP contribution in [-0.2, 0) is 14.3 Å². The van der Waals surface area contributed by atoms with Gasteiger partial charge in [0, 0.05) is 11.6 Å². The van der Waals surface area contributed by atoms with Crippen LogP contribution in [0.1, 0.15) is 18.5 Å². The van der Waals surface area contributed by atoms with Gasteiger partial charge < -0.3 is 15.2 Å². The molecule has 0 saturated carbocycles. The van der Waals surface area contributed by atoms with Gasteiger partial charge in [0.2, 0.25) is 0 Å². The zero-order chi connectivity index (χ0) is 13.5. The van der Waals surface area contributed by atoms with Crippen LogP contribution in [0.25, 0.3) is 0 Å². The molecule has 0 amide bonds. The van der Waals surface area contributed by atoms with Crippen LogP contribution in [0.2, 0.25) is 0 Å². The quantitative estimate of drug-likeness (QED) is 0.787. The standard InChI is InChI=1S/C12H15F2NO3/c1-2-18-12(16)7-17-6-11(15)9-4-3-8(13)5-10(9)14/h3-5,11H,2,6-7,15H2,1H3. The number of esters is 1. The lowest BCUT2D eigenvalue weighted by molar-refractivity contribution is -0.148. The SMILES string of the molecule is CCOC(=O)COCC(N)c1ccc(F)cc1F. The van der Waals surface area contributed by atoms with Crippen LogP contribution in [0.3, 0.4) is 0 Å². The van der Waals surface area contributed by atoms with Crippen LogP contribution in [-0.4, -0.2) is 25.8 Å². The van der Waals surface area contributed by atoms with Crippen molar-refractivity contribution in [3.05, 3.63) is 35.4 Å². The van der Waals surface area contributed by atoms with Gasteiger partial charge in [-0.15, -0.1) is 0 Å². The molecule has 0 radical (unpaired) electrons. The Bertz CT molecular complexity index is 412. The number of benzene rings is 1. The minimum atomic E-state index is -0.764. The summed E-state index contributed by atoms with van der Waals surface area (Å²) >= 11 is 0. The molecule has 0 bridgehead atoms. The van der Waals surface area contributed by atoms with Crippen LogP contribution in [0, 0.1) is 11.6 Å². The van der Waals surface area contributed by atoms with Gasteiger partial charge in [0.25, 0.3) is 0 Å². The molecule has 6 heteroatoms. The fourth-order valence-electron chi connectivity index (χ4n) is 1.36. The molecule has 1 unspecified atom stereocenters. The average Bonchev–Trinajstić information content (AvgIpc) is 2.29. The summed E-state index contributed by atoms with van der Waals surface area (Å²) in [4.78, 5) is 11.0. The molecular weight excluding hydrogens is 244 g/mol. The van der Waals surface area contributed by atoms with Crippen molar-refractivity contribution in [1.82, 2.24) is 0 Å². The second-order valence-corrected chi connectivity index (χ2v) is 3.59. The number of nitrogens with two attached hydrogens (primary N) is 1. The number of carbonyl (C=O) groups excluding carboxylic acids is 1. The first kappa shape index (κ1) is 14.5. The van der Waals surface area contributed by atoms with E-state index in [9.17, 15) is 13.6 Å². The van der Waals surface area contributed by atoms with Crippen LogP contribution < -0.4 is 5.73 Å². The summed E-state index contributed by atoms with van der Waals surface area (Å²) in [6.45, 7) is 1.64. The van der Waals surface area contributed by atoms with Crippen molar-refractivity contribution in [2.24, 2.45) is 5.73 Å². The fourth-order valence-corrected chi connectivity index (χ4v) is 1.36. The molecule has 1 rings (SSSR count). The van der Waals surface area contributed by atoms with Crippen molar-refractivity contribution in [2.45, 2.75) is 13.0 Å². The molecule has 4 nitrogen and oxygen atoms in total. The highest BCUT2D eigenvalue weighted by Crippen LogP contribution is 2.16. The lowest BCUT2D eigenvalue weighted by Crippen LogP contribution is -2.21. The number of halogens is 2. The number of hydrogen-bond donors (Lipinski definition) is 1. The average molecular weight is 259 g/mol. The van der Waals surface area contributed by atoms with E-state index in [1.807, 2.05) is 0 Å². The number of ether oxygens (including phenoxy) is 2. The predicted octanol–water partition coefficient (Wildman–Crippen LogP) is 1.54. The summed E-state index contributed by atoms with van der Waals surface area (Å²) in [5.74, 6) is -1.91. The monoisotopic (exact) mass is 259 g/mol. The lowest BCUT2D eigenvalue weighted by atomic mass is 10.1. The van der Waals surface area contributed by atoms with Gasteiger partial charge in [0.15, 0.2) is 0 Å². The summed E-state index contributed by atoms with van der Waals surface area (Å²) in [5, 5.41) is 0. The van der Waals surface area contributed by atoms with Gasteiger partial charge in [-0.05, 0) is 13.0 Å². The molecule has 1 aromatic carbocycles. The highest BCUT2D eigenvalue weighted by atomic mass is 19.1. The lowest BCUT2D eigenvalue weighted by Gasteiger charge is -2.13. The highest BCUT2D eigenvalue weighted by Gasteiger charge is 2.13. The van der Waals surface area contributed by atoms with Crippen molar-refractivity contribution < 1.29 is 23.0 Å². The van der Waals surface area contributed by atoms with Gasteiger partial charge in [-0.3, -0.25) is 0 Å². The highest BCUT2D eigenvalue weighted by molar-refractivity contribution is 5.70. The third-order valence-electron chi connectivity index (χ3n) is 2.18. The van der Waals surface area contributed by atoms with Crippen LogP contribution in [0.4, 0.5) is 8.78 Å². The maximum atomic E-state index is 13.3. The largest absolute Gasteiger partial charge is 0.464 e. The van der Waals surface area contributed by atoms with Crippen LogP contribution in [0.15, 0.2) is 18.2 Å². The zero-order valence-electron chi connectivity index (χ0n) is 9.99. The molecule has 0 fully saturated rings. The number of hydrogen-bond acceptors (Lipinski definition) is 4. The fraction of sp³-hybridized carbons (Fsp3) is 0.417. The Morgan fingerprint density at radius 1 is 1.44 bits per heavy atom. The molecule has 1 atom stereocenters.